The molecule has 1 fully saturated rings. The van der Waals surface area contributed by atoms with E-state index in [2.05, 4.69) is 9.71 Å². The lowest BCUT2D eigenvalue weighted by Crippen LogP contribution is -2.29. The molecule has 0 bridgehead atoms. The van der Waals surface area contributed by atoms with Gasteiger partial charge in [0.1, 0.15) is 15.7 Å². The molecule has 164 valence electrons. The molecule has 0 unspecified atom stereocenters. The van der Waals surface area contributed by atoms with E-state index >= 15 is 0 Å². The summed E-state index contributed by atoms with van der Waals surface area (Å²) in [5.41, 5.74) is 0.782. The molecule has 3 N–H and O–H groups in total. The van der Waals surface area contributed by atoms with Crippen LogP contribution in [-0.2, 0) is 15.4 Å². The van der Waals surface area contributed by atoms with Crippen LogP contribution in [0, 0.1) is 11.6 Å². The maximum Gasteiger partial charge on any atom is 0.503 e. The van der Waals surface area contributed by atoms with Gasteiger partial charge in [-0.15, -0.1) is 11.3 Å². The van der Waals surface area contributed by atoms with Crippen molar-refractivity contribution in [2.45, 2.75) is 29.0 Å². The van der Waals surface area contributed by atoms with Crippen molar-refractivity contribution in [2.24, 2.45) is 0 Å². The van der Waals surface area contributed by atoms with Crippen LogP contribution in [0.2, 0.25) is 0 Å². The van der Waals surface area contributed by atoms with Gasteiger partial charge in [0.05, 0.1) is 11.1 Å². The van der Waals surface area contributed by atoms with E-state index < -0.39 is 27.8 Å². The van der Waals surface area contributed by atoms with Crippen molar-refractivity contribution >= 4 is 27.5 Å². The van der Waals surface area contributed by atoms with Crippen LogP contribution >= 0.6 is 11.3 Å². The molecule has 2 atom stereocenters. The standard InChI is InChI=1S/C19H16F2N2O2S2.CH2O3/c1-19(12-5-3-2-4-6-12)10-16(19)23-27(24,25)17-8-7-15(26-17)18-14(21)9-13(20)11-22-18;2-1(3)4/h2-9,11,16,23H,10H2,1H3;(H2,2,3,4)/t16-,19+;/m0./s1. The summed E-state index contributed by atoms with van der Waals surface area (Å²) < 4.78 is 55.1. The third kappa shape index (κ3) is 5.24. The molecule has 1 aromatic carbocycles. The predicted molar refractivity (Wildman–Crippen MR) is 111 cm³/mol. The smallest absolute Gasteiger partial charge is 0.450 e. The summed E-state index contributed by atoms with van der Waals surface area (Å²) in [4.78, 5) is 12.6. The molecule has 0 saturated heterocycles. The molecule has 0 radical (unpaired) electrons. The molecule has 7 nitrogen and oxygen atoms in total. The first-order valence-electron chi connectivity index (χ1n) is 8.94. The highest BCUT2D eigenvalue weighted by Gasteiger charge is 2.53. The largest absolute Gasteiger partial charge is 0.503 e. The van der Waals surface area contributed by atoms with Gasteiger partial charge in [0, 0.05) is 17.5 Å². The SMILES string of the molecule is C[C@]1(c2ccccc2)C[C@@H]1NS(=O)(=O)c1ccc(-c2ncc(F)cc2F)s1.O=C(O)O. The first-order chi connectivity index (χ1) is 14.5. The number of benzene rings is 1. The average molecular weight is 469 g/mol. The third-order valence-electron chi connectivity index (χ3n) is 4.86. The van der Waals surface area contributed by atoms with Gasteiger partial charge in [0.2, 0.25) is 10.0 Å². The Labute approximate surface area is 181 Å². The van der Waals surface area contributed by atoms with Crippen molar-refractivity contribution in [3.8, 4) is 10.6 Å². The number of hydrogen-bond donors (Lipinski definition) is 3. The number of sulfonamides is 1. The normalized spacial score (nSPS) is 19.9. The maximum atomic E-state index is 13.9. The molecule has 11 heteroatoms. The number of carboxylic acid groups (broad SMARTS) is 2. The van der Waals surface area contributed by atoms with Gasteiger partial charge in [0.25, 0.3) is 0 Å². The Morgan fingerprint density at radius 3 is 2.45 bits per heavy atom. The lowest BCUT2D eigenvalue weighted by atomic mass is 9.98. The molecule has 4 rings (SSSR count). The maximum absolute atomic E-state index is 13.9. The van der Waals surface area contributed by atoms with Crippen LogP contribution in [0.25, 0.3) is 10.6 Å². The number of pyridine rings is 1. The average Bonchev–Trinajstić information content (AvgIpc) is 3.11. The van der Waals surface area contributed by atoms with E-state index in [1.54, 1.807) is 0 Å². The van der Waals surface area contributed by atoms with Crippen LogP contribution in [0.3, 0.4) is 0 Å². The Balaban J connectivity index is 0.000000628. The van der Waals surface area contributed by atoms with E-state index in [0.29, 0.717) is 11.3 Å². The summed E-state index contributed by atoms with van der Waals surface area (Å²) in [7, 11) is -3.74. The number of nitrogens with one attached hydrogen (secondary N) is 1. The highest BCUT2D eigenvalue weighted by atomic mass is 32.2. The third-order valence-corrected chi connectivity index (χ3v) is 7.91. The van der Waals surface area contributed by atoms with E-state index in [9.17, 15) is 17.2 Å². The lowest BCUT2D eigenvalue weighted by Gasteiger charge is -2.12. The second kappa shape index (κ2) is 8.69. The first-order valence-corrected chi connectivity index (χ1v) is 11.2. The number of halogens is 2. The fourth-order valence-corrected chi connectivity index (χ4v) is 5.78. The summed E-state index contributed by atoms with van der Waals surface area (Å²) in [6.07, 6.45) is -0.220. The van der Waals surface area contributed by atoms with E-state index in [-0.39, 0.29) is 21.4 Å². The van der Waals surface area contributed by atoms with Crippen molar-refractivity contribution in [1.82, 2.24) is 9.71 Å². The topological polar surface area (TPSA) is 117 Å². The highest BCUT2D eigenvalue weighted by Crippen LogP contribution is 2.48. The Morgan fingerprint density at radius 1 is 1.19 bits per heavy atom. The zero-order valence-corrected chi connectivity index (χ0v) is 17.8. The van der Waals surface area contributed by atoms with Crippen molar-refractivity contribution in [3.05, 3.63) is 71.9 Å². The monoisotopic (exact) mass is 468 g/mol. The summed E-state index contributed by atoms with van der Waals surface area (Å²) in [5, 5.41) is 13.9. The quantitative estimate of drug-likeness (QED) is 0.514. The number of hydrogen-bond acceptors (Lipinski definition) is 5. The number of nitrogens with zero attached hydrogens (tertiary/aromatic N) is 1. The minimum Gasteiger partial charge on any atom is -0.450 e. The van der Waals surface area contributed by atoms with Crippen molar-refractivity contribution < 1.29 is 32.2 Å². The second-order valence-corrected chi connectivity index (χ2v) is 10.1. The summed E-state index contributed by atoms with van der Waals surface area (Å²) >= 11 is 0.903. The molecular formula is C20H18F2N2O5S2. The fourth-order valence-electron chi connectivity index (χ4n) is 3.11. The van der Waals surface area contributed by atoms with E-state index in [1.165, 1.54) is 12.1 Å². The van der Waals surface area contributed by atoms with Gasteiger partial charge in [0.15, 0.2) is 5.82 Å². The first kappa shape index (κ1) is 22.8. The highest BCUT2D eigenvalue weighted by molar-refractivity contribution is 7.91. The van der Waals surface area contributed by atoms with Crippen LogP contribution in [0.5, 0.6) is 0 Å². The molecule has 1 aliphatic rings. The van der Waals surface area contributed by atoms with E-state index in [1.807, 2.05) is 37.3 Å². The Morgan fingerprint density at radius 2 is 1.84 bits per heavy atom. The Kier molecular flexibility index (Phi) is 6.39. The van der Waals surface area contributed by atoms with Gasteiger partial charge < -0.3 is 10.2 Å². The minimum atomic E-state index is -3.74. The number of carbonyl (C=O) groups is 1. The van der Waals surface area contributed by atoms with Crippen LogP contribution in [0.4, 0.5) is 13.6 Å². The summed E-state index contributed by atoms with van der Waals surface area (Å²) in [5.74, 6) is -1.61. The van der Waals surface area contributed by atoms with E-state index in [4.69, 9.17) is 15.0 Å². The Bertz CT molecular complexity index is 1200. The predicted octanol–water partition coefficient (Wildman–Crippen LogP) is 4.32. The van der Waals surface area contributed by atoms with Gasteiger partial charge in [-0.1, -0.05) is 37.3 Å². The minimum absolute atomic E-state index is 0.0663. The van der Waals surface area contributed by atoms with Gasteiger partial charge in [-0.3, -0.25) is 0 Å². The zero-order chi connectivity index (χ0) is 22.8. The zero-order valence-electron chi connectivity index (χ0n) is 16.1. The summed E-state index contributed by atoms with van der Waals surface area (Å²) in [6.45, 7) is 2.02. The molecule has 3 aromatic rings. The molecule has 0 aliphatic heterocycles. The fraction of sp³-hybridized carbons (Fsp3) is 0.200. The van der Waals surface area contributed by atoms with Crippen molar-refractivity contribution in [1.29, 1.82) is 0 Å². The van der Waals surface area contributed by atoms with Gasteiger partial charge >= 0.3 is 6.16 Å². The molecular weight excluding hydrogens is 450 g/mol. The molecule has 2 aromatic heterocycles. The molecule has 1 saturated carbocycles. The lowest BCUT2D eigenvalue weighted by molar-refractivity contribution is 0.137. The number of aromatic nitrogens is 1. The molecule has 31 heavy (non-hydrogen) atoms. The molecule has 1 aliphatic carbocycles. The van der Waals surface area contributed by atoms with Gasteiger partial charge in [-0.05, 0) is 24.1 Å². The van der Waals surface area contributed by atoms with Crippen molar-refractivity contribution in [3.63, 3.8) is 0 Å². The van der Waals surface area contributed by atoms with E-state index in [0.717, 1.165) is 29.2 Å². The van der Waals surface area contributed by atoms with Crippen LogP contribution in [0.1, 0.15) is 18.9 Å². The Hall–Kier alpha value is -2.89. The number of rotatable bonds is 5. The molecule has 0 spiro atoms. The van der Waals surface area contributed by atoms with Gasteiger partial charge in [-0.25, -0.2) is 31.7 Å². The molecule has 0 amide bonds. The number of thiophene rings is 1. The summed E-state index contributed by atoms with van der Waals surface area (Å²) in [6, 6.07) is 13.2. The van der Waals surface area contributed by atoms with Gasteiger partial charge in [-0.2, -0.15) is 0 Å². The second-order valence-electron chi connectivity index (χ2n) is 7.05. The van der Waals surface area contributed by atoms with Crippen LogP contribution < -0.4 is 4.72 Å². The van der Waals surface area contributed by atoms with Crippen LogP contribution in [0.15, 0.2) is 58.9 Å². The molecule has 2 heterocycles. The van der Waals surface area contributed by atoms with Crippen LogP contribution in [-0.4, -0.2) is 35.8 Å². The van der Waals surface area contributed by atoms with Crippen molar-refractivity contribution in [2.75, 3.05) is 0 Å².